The number of aromatic nitrogens is 1. The molecule has 0 saturated carbocycles. The lowest BCUT2D eigenvalue weighted by Gasteiger charge is -2.08. The van der Waals surface area contributed by atoms with Gasteiger partial charge in [-0.1, -0.05) is 30.3 Å². The SMILES string of the molecule is Cn1c(=O)oc2cc(S(=O)(=O)Oc3ccc4c(=O)c(-c5ccccc5)coc4c3)ccc21. The number of benzene rings is 3. The molecule has 5 rings (SSSR count). The molecule has 0 radical (unpaired) electrons. The van der Waals surface area contributed by atoms with Gasteiger partial charge in [-0.15, -0.1) is 0 Å². The molecule has 0 unspecified atom stereocenters. The van der Waals surface area contributed by atoms with E-state index in [1.807, 2.05) is 18.2 Å². The van der Waals surface area contributed by atoms with Crippen molar-refractivity contribution >= 4 is 32.2 Å². The first-order chi connectivity index (χ1) is 15.3. The number of hydrogen-bond donors (Lipinski definition) is 0. The lowest BCUT2D eigenvalue weighted by molar-refractivity contribution is 0.485. The Morgan fingerprint density at radius 2 is 1.69 bits per heavy atom. The molecule has 0 spiro atoms. The predicted molar refractivity (Wildman–Crippen MR) is 117 cm³/mol. The van der Waals surface area contributed by atoms with Gasteiger partial charge in [-0.25, -0.2) is 4.79 Å². The summed E-state index contributed by atoms with van der Waals surface area (Å²) in [5, 5.41) is 0.295. The Morgan fingerprint density at radius 3 is 2.47 bits per heavy atom. The number of fused-ring (bicyclic) bond motifs is 2. The molecule has 0 amide bonds. The van der Waals surface area contributed by atoms with Gasteiger partial charge in [0.15, 0.2) is 11.0 Å². The van der Waals surface area contributed by atoms with Crippen molar-refractivity contribution in [3.05, 3.63) is 93.8 Å². The Kier molecular flexibility index (Phi) is 4.49. The van der Waals surface area contributed by atoms with Crippen LogP contribution in [0.4, 0.5) is 0 Å². The van der Waals surface area contributed by atoms with E-state index in [-0.39, 0.29) is 27.2 Å². The van der Waals surface area contributed by atoms with Crippen LogP contribution in [0.2, 0.25) is 0 Å². The molecular weight excluding hydrogens is 434 g/mol. The number of nitrogens with zero attached hydrogens (tertiary/aromatic N) is 1. The summed E-state index contributed by atoms with van der Waals surface area (Å²) in [6.07, 6.45) is 1.34. The van der Waals surface area contributed by atoms with Crippen molar-refractivity contribution < 1.29 is 21.4 Å². The Bertz CT molecular complexity index is 1710. The number of hydrogen-bond acceptors (Lipinski definition) is 7. The van der Waals surface area contributed by atoms with Gasteiger partial charge in [0.1, 0.15) is 22.5 Å². The van der Waals surface area contributed by atoms with Gasteiger partial charge in [-0.2, -0.15) is 8.42 Å². The standard InChI is InChI=1S/C23H15NO7S/c1-24-19-10-8-16(12-21(19)30-23(24)26)32(27,28)31-15-7-9-17-20(11-15)29-13-18(22(17)25)14-5-3-2-4-6-14/h2-13H,1H3. The Morgan fingerprint density at radius 1 is 0.906 bits per heavy atom. The monoisotopic (exact) mass is 449 g/mol. The molecular formula is C23H15NO7S. The maximum Gasteiger partial charge on any atom is 0.419 e. The topological polar surface area (TPSA) is 109 Å². The maximum absolute atomic E-state index is 12.8. The van der Waals surface area contributed by atoms with E-state index in [2.05, 4.69) is 0 Å². The summed E-state index contributed by atoms with van der Waals surface area (Å²) in [7, 11) is -2.71. The van der Waals surface area contributed by atoms with Crippen LogP contribution in [-0.2, 0) is 17.2 Å². The summed E-state index contributed by atoms with van der Waals surface area (Å²) in [6.45, 7) is 0. The van der Waals surface area contributed by atoms with E-state index in [9.17, 15) is 18.0 Å². The molecule has 2 heterocycles. The summed E-state index contributed by atoms with van der Waals surface area (Å²) < 4.78 is 42.6. The molecule has 32 heavy (non-hydrogen) atoms. The molecule has 0 saturated heterocycles. The summed E-state index contributed by atoms with van der Waals surface area (Å²) in [5.41, 5.74) is 1.64. The highest BCUT2D eigenvalue weighted by Gasteiger charge is 2.20. The first kappa shape index (κ1) is 19.8. The highest BCUT2D eigenvalue weighted by Crippen LogP contribution is 2.26. The van der Waals surface area contributed by atoms with E-state index >= 15 is 0 Å². The van der Waals surface area contributed by atoms with Gasteiger partial charge in [0.2, 0.25) is 0 Å². The lowest BCUT2D eigenvalue weighted by Crippen LogP contribution is -2.10. The van der Waals surface area contributed by atoms with Crippen LogP contribution < -0.4 is 15.4 Å². The molecule has 0 fully saturated rings. The van der Waals surface area contributed by atoms with Gasteiger partial charge in [0.25, 0.3) is 0 Å². The van der Waals surface area contributed by atoms with Crippen molar-refractivity contribution in [2.75, 3.05) is 0 Å². The largest absolute Gasteiger partial charge is 0.463 e. The Balaban J connectivity index is 1.51. The van der Waals surface area contributed by atoms with E-state index in [1.165, 1.54) is 54.3 Å². The summed E-state index contributed by atoms with van der Waals surface area (Å²) in [4.78, 5) is 24.3. The van der Waals surface area contributed by atoms with E-state index in [1.54, 1.807) is 12.1 Å². The second-order valence-corrected chi connectivity index (χ2v) is 8.64. The fourth-order valence-electron chi connectivity index (χ4n) is 3.42. The average molecular weight is 449 g/mol. The minimum absolute atomic E-state index is 0.0253. The molecule has 0 aliphatic rings. The van der Waals surface area contributed by atoms with Crippen LogP contribution in [0.15, 0.2) is 96.3 Å². The Hall–Kier alpha value is -4.11. The van der Waals surface area contributed by atoms with Crippen molar-refractivity contribution in [2.24, 2.45) is 7.05 Å². The van der Waals surface area contributed by atoms with Gasteiger partial charge < -0.3 is 13.0 Å². The third-order valence-electron chi connectivity index (χ3n) is 5.09. The quantitative estimate of drug-likeness (QED) is 0.385. The van der Waals surface area contributed by atoms with Gasteiger partial charge in [0.05, 0.1) is 16.5 Å². The third kappa shape index (κ3) is 3.28. The summed E-state index contributed by atoms with van der Waals surface area (Å²) >= 11 is 0. The zero-order valence-electron chi connectivity index (χ0n) is 16.6. The fraction of sp³-hybridized carbons (Fsp3) is 0.0435. The van der Waals surface area contributed by atoms with Crippen molar-refractivity contribution in [1.82, 2.24) is 4.57 Å². The zero-order chi connectivity index (χ0) is 22.5. The van der Waals surface area contributed by atoms with Gasteiger partial charge in [-0.3, -0.25) is 9.36 Å². The van der Waals surface area contributed by atoms with E-state index in [0.29, 0.717) is 22.0 Å². The van der Waals surface area contributed by atoms with Gasteiger partial charge in [-0.05, 0) is 29.8 Å². The van der Waals surface area contributed by atoms with Gasteiger partial charge >= 0.3 is 15.9 Å². The molecule has 2 aromatic heterocycles. The second kappa shape index (κ2) is 7.24. The maximum atomic E-state index is 12.8. The summed E-state index contributed by atoms with van der Waals surface area (Å²) in [6, 6.07) is 17.3. The molecule has 9 heteroatoms. The van der Waals surface area contributed by atoms with Crippen molar-refractivity contribution in [3.63, 3.8) is 0 Å². The number of oxazole rings is 1. The highest BCUT2D eigenvalue weighted by atomic mass is 32.2. The average Bonchev–Trinajstić information content (AvgIpc) is 3.07. The molecule has 0 aliphatic heterocycles. The normalized spacial score (nSPS) is 11.8. The van der Waals surface area contributed by atoms with Crippen molar-refractivity contribution in [1.29, 1.82) is 0 Å². The molecule has 0 bridgehead atoms. The van der Waals surface area contributed by atoms with E-state index in [4.69, 9.17) is 13.0 Å². The number of rotatable bonds is 4. The number of aryl methyl sites for hydroxylation is 1. The second-order valence-electron chi connectivity index (χ2n) is 7.10. The third-order valence-corrected chi connectivity index (χ3v) is 6.33. The first-order valence-electron chi connectivity index (χ1n) is 9.48. The Labute approximate surface area is 181 Å². The van der Waals surface area contributed by atoms with Crippen LogP contribution >= 0.6 is 0 Å². The fourth-order valence-corrected chi connectivity index (χ4v) is 4.36. The van der Waals surface area contributed by atoms with Crippen molar-refractivity contribution in [3.8, 4) is 16.9 Å². The molecule has 5 aromatic rings. The predicted octanol–water partition coefficient (Wildman–Crippen LogP) is 3.67. The molecule has 160 valence electrons. The van der Waals surface area contributed by atoms with Crippen LogP contribution in [0.5, 0.6) is 5.75 Å². The molecule has 0 aliphatic carbocycles. The molecule has 0 atom stereocenters. The van der Waals surface area contributed by atoms with Crippen LogP contribution in [-0.4, -0.2) is 13.0 Å². The molecule has 3 aromatic carbocycles. The smallest absolute Gasteiger partial charge is 0.419 e. The van der Waals surface area contributed by atoms with Gasteiger partial charge in [0, 0.05) is 19.2 Å². The minimum atomic E-state index is -4.23. The summed E-state index contributed by atoms with van der Waals surface area (Å²) in [5.74, 6) is -0.627. The van der Waals surface area contributed by atoms with Crippen LogP contribution in [0.1, 0.15) is 0 Å². The molecule has 0 N–H and O–H groups in total. The lowest BCUT2D eigenvalue weighted by atomic mass is 10.1. The van der Waals surface area contributed by atoms with Crippen LogP contribution in [0.3, 0.4) is 0 Å². The molecule has 8 nitrogen and oxygen atoms in total. The van der Waals surface area contributed by atoms with E-state index < -0.39 is 15.9 Å². The van der Waals surface area contributed by atoms with E-state index in [0.717, 1.165) is 0 Å². The first-order valence-corrected chi connectivity index (χ1v) is 10.9. The van der Waals surface area contributed by atoms with Crippen LogP contribution in [0, 0.1) is 0 Å². The highest BCUT2D eigenvalue weighted by molar-refractivity contribution is 7.87. The van der Waals surface area contributed by atoms with Crippen molar-refractivity contribution in [2.45, 2.75) is 4.90 Å². The minimum Gasteiger partial charge on any atom is -0.463 e. The zero-order valence-corrected chi connectivity index (χ0v) is 17.5. The van der Waals surface area contributed by atoms with Crippen LogP contribution in [0.25, 0.3) is 33.2 Å².